The molecule has 0 bridgehead atoms. The molecule has 0 unspecified atom stereocenters. The van der Waals surface area contributed by atoms with Crippen molar-refractivity contribution in [3.05, 3.63) is 58.7 Å². The van der Waals surface area contributed by atoms with Gasteiger partial charge >= 0.3 is 0 Å². The summed E-state index contributed by atoms with van der Waals surface area (Å²) in [5.41, 5.74) is 3.70. The average molecular weight is 299 g/mol. The Balaban J connectivity index is 2.13. The Bertz CT molecular complexity index is 663. The van der Waals surface area contributed by atoms with Gasteiger partial charge in [-0.15, -0.1) is 0 Å². The number of rotatable bonds is 5. The first-order valence-corrected chi connectivity index (χ1v) is 7.11. The molecule has 4 nitrogen and oxygen atoms in total. The number of nitrogens with one attached hydrogen (secondary N) is 1. The molecule has 116 valence electrons. The van der Waals surface area contributed by atoms with Crippen LogP contribution in [0.1, 0.15) is 27.0 Å². The number of benzene rings is 2. The summed E-state index contributed by atoms with van der Waals surface area (Å²) in [6, 6.07) is 11.6. The maximum absolute atomic E-state index is 12.4. The molecule has 0 aliphatic rings. The smallest absolute Gasteiger partial charge is 0.251 e. The van der Waals surface area contributed by atoms with Crippen LogP contribution in [0.25, 0.3) is 0 Å². The quantitative estimate of drug-likeness (QED) is 0.922. The van der Waals surface area contributed by atoms with Gasteiger partial charge in [-0.25, -0.2) is 0 Å². The van der Waals surface area contributed by atoms with Gasteiger partial charge in [-0.3, -0.25) is 4.79 Å². The Kier molecular flexibility index (Phi) is 5.04. The first-order valence-electron chi connectivity index (χ1n) is 7.11. The lowest BCUT2D eigenvalue weighted by molar-refractivity contribution is 0.0950. The van der Waals surface area contributed by atoms with E-state index in [0.717, 1.165) is 11.1 Å². The summed E-state index contributed by atoms with van der Waals surface area (Å²) in [7, 11) is 3.13. The standard InChI is InChI=1S/C18H21NO3/c1-12-5-7-14(8-6-12)11-19-18(20)15-10-17(22-4)16(21-3)9-13(15)2/h5-10H,11H2,1-4H3,(H,19,20). The normalized spacial score (nSPS) is 10.2. The van der Waals surface area contributed by atoms with Gasteiger partial charge < -0.3 is 14.8 Å². The van der Waals surface area contributed by atoms with E-state index in [-0.39, 0.29) is 5.91 Å². The van der Waals surface area contributed by atoms with Crippen LogP contribution in [-0.4, -0.2) is 20.1 Å². The van der Waals surface area contributed by atoms with E-state index >= 15 is 0 Å². The zero-order valence-electron chi connectivity index (χ0n) is 13.4. The Hall–Kier alpha value is -2.49. The predicted molar refractivity (Wildman–Crippen MR) is 86.6 cm³/mol. The summed E-state index contributed by atoms with van der Waals surface area (Å²) in [4.78, 5) is 12.4. The number of carbonyl (C=O) groups excluding carboxylic acids is 1. The molecule has 2 rings (SSSR count). The van der Waals surface area contributed by atoms with Gasteiger partial charge in [0.1, 0.15) is 0 Å². The highest BCUT2D eigenvalue weighted by atomic mass is 16.5. The predicted octanol–water partition coefficient (Wildman–Crippen LogP) is 3.25. The van der Waals surface area contributed by atoms with Crippen molar-refractivity contribution < 1.29 is 14.3 Å². The van der Waals surface area contributed by atoms with Crippen molar-refractivity contribution in [2.24, 2.45) is 0 Å². The molecular formula is C18H21NO3. The first-order chi connectivity index (χ1) is 10.5. The largest absolute Gasteiger partial charge is 0.493 e. The van der Waals surface area contributed by atoms with Crippen molar-refractivity contribution in [1.29, 1.82) is 0 Å². The molecule has 0 heterocycles. The van der Waals surface area contributed by atoms with Gasteiger partial charge in [-0.1, -0.05) is 29.8 Å². The van der Waals surface area contributed by atoms with E-state index in [1.54, 1.807) is 26.4 Å². The minimum Gasteiger partial charge on any atom is -0.493 e. The van der Waals surface area contributed by atoms with Gasteiger partial charge in [0.05, 0.1) is 14.2 Å². The number of carbonyl (C=O) groups is 1. The second kappa shape index (κ2) is 6.98. The molecular weight excluding hydrogens is 278 g/mol. The lowest BCUT2D eigenvalue weighted by Gasteiger charge is -2.13. The molecule has 0 atom stereocenters. The van der Waals surface area contributed by atoms with Crippen molar-refractivity contribution in [2.45, 2.75) is 20.4 Å². The number of methoxy groups -OCH3 is 2. The van der Waals surface area contributed by atoms with Crippen molar-refractivity contribution in [1.82, 2.24) is 5.32 Å². The lowest BCUT2D eigenvalue weighted by Crippen LogP contribution is -2.23. The third kappa shape index (κ3) is 3.58. The van der Waals surface area contributed by atoms with E-state index in [0.29, 0.717) is 23.6 Å². The van der Waals surface area contributed by atoms with Crippen LogP contribution in [0.15, 0.2) is 36.4 Å². The number of hydrogen-bond acceptors (Lipinski definition) is 3. The summed E-state index contributed by atoms with van der Waals surface area (Å²) in [5.74, 6) is 1.04. The van der Waals surface area contributed by atoms with Crippen molar-refractivity contribution in [2.75, 3.05) is 14.2 Å². The molecule has 0 aliphatic carbocycles. The van der Waals surface area contributed by atoms with Crippen molar-refractivity contribution in [3.63, 3.8) is 0 Å². The topological polar surface area (TPSA) is 47.6 Å². The van der Waals surface area contributed by atoms with Crippen molar-refractivity contribution in [3.8, 4) is 11.5 Å². The van der Waals surface area contributed by atoms with Gasteiger partial charge in [0.2, 0.25) is 0 Å². The summed E-state index contributed by atoms with van der Waals surface area (Å²) in [6.07, 6.45) is 0. The molecule has 0 saturated carbocycles. The highest BCUT2D eigenvalue weighted by Crippen LogP contribution is 2.30. The number of ether oxygens (including phenoxy) is 2. The van der Waals surface area contributed by atoms with Crippen molar-refractivity contribution >= 4 is 5.91 Å². The highest BCUT2D eigenvalue weighted by molar-refractivity contribution is 5.96. The molecule has 0 fully saturated rings. The van der Waals surface area contributed by atoms with Crippen LogP contribution in [0.4, 0.5) is 0 Å². The fraction of sp³-hybridized carbons (Fsp3) is 0.278. The molecule has 0 radical (unpaired) electrons. The number of aryl methyl sites for hydroxylation is 2. The van der Waals surface area contributed by atoms with E-state index < -0.39 is 0 Å². The van der Waals surface area contributed by atoms with E-state index in [1.165, 1.54) is 5.56 Å². The van der Waals surface area contributed by atoms with Crippen LogP contribution in [-0.2, 0) is 6.54 Å². The molecule has 0 spiro atoms. The fourth-order valence-electron chi connectivity index (χ4n) is 2.21. The molecule has 2 aromatic rings. The third-order valence-electron chi connectivity index (χ3n) is 3.55. The molecule has 22 heavy (non-hydrogen) atoms. The summed E-state index contributed by atoms with van der Waals surface area (Å²) >= 11 is 0. The zero-order valence-corrected chi connectivity index (χ0v) is 13.4. The monoisotopic (exact) mass is 299 g/mol. The minimum atomic E-state index is -0.126. The van der Waals surface area contributed by atoms with E-state index in [2.05, 4.69) is 5.32 Å². The molecule has 4 heteroatoms. The Morgan fingerprint density at radius 1 is 1.00 bits per heavy atom. The number of amides is 1. The third-order valence-corrected chi connectivity index (χ3v) is 3.55. The maximum atomic E-state index is 12.4. The summed E-state index contributed by atoms with van der Waals surface area (Å²) < 4.78 is 10.5. The van der Waals surface area contributed by atoms with E-state index in [4.69, 9.17) is 9.47 Å². The Morgan fingerprint density at radius 3 is 2.18 bits per heavy atom. The van der Waals surface area contributed by atoms with Gasteiger partial charge in [0.25, 0.3) is 5.91 Å². The summed E-state index contributed by atoms with van der Waals surface area (Å²) in [5, 5.41) is 2.93. The van der Waals surface area contributed by atoms with Gasteiger partial charge in [-0.2, -0.15) is 0 Å². The zero-order chi connectivity index (χ0) is 16.1. The Morgan fingerprint density at radius 2 is 1.59 bits per heavy atom. The van der Waals surface area contributed by atoms with Crippen LogP contribution in [0.5, 0.6) is 11.5 Å². The number of hydrogen-bond donors (Lipinski definition) is 1. The van der Waals surface area contributed by atoms with Crippen LogP contribution in [0.3, 0.4) is 0 Å². The lowest BCUT2D eigenvalue weighted by atomic mass is 10.1. The van der Waals surface area contributed by atoms with Gasteiger partial charge in [0, 0.05) is 12.1 Å². The molecule has 1 N–H and O–H groups in total. The molecule has 1 amide bonds. The first kappa shape index (κ1) is 15.9. The Labute approximate surface area is 131 Å². The fourth-order valence-corrected chi connectivity index (χ4v) is 2.21. The highest BCUT2D eigenvalue weighted by Gasteiger charge is 2.14. The maximum Gasteiger partial charge on any atom is 0.251 e. The van der Waals surface area contributed by atoms with Crippen LogP contribution < -0.4 is 14.8 Å². The van der Waals surface area contributed by atoms with Gasteiger partial charge in [-0.05, 0) is 37.1 Å². The van der Waals surface area contributed by atoms with Crippen LogP contribution in [0, 0.1) is 13.8 Å². The van der Waals surface area contributed by atoms with Crippen LogP contribution >= 0.6 is 0 Å². The average Bonchev–Trinajstić information content (AvgIpc) is 2.53. The minimum absolute atomic E-state index is 0.126. The molecule has 0 aliphatic heterocycles. The van der Waals surface area contributed by atoms with E-state index in [9.17, 15) is 4.79 Å². The molecule has 0 saturated heterocycles. The summed E-state index contributed by atoms with van der Waals surface area (Å²) in [6.45, 7) is 4.41. The SMILES string of the molecule is COc1cc(C)c(C(=O)NCc2ccc(C)cc2)cc1OC. The second-order valence-electron chi connectivity index (χ2n) is 5.19. The molecule has 0 aromatic heterocycles. The van der Waals surface area contributed by atoms with Crippen LogP contribution in [0.2, 0.25) is 0 Å². The molecule has 2 aromatic carbocycles. The van der Waals surface area contributed by atoms with Gasteiger partial charge in [0.15, 0.2) is 11.5 Å². The van der Waals surface area contributed by atoms with E-state index in [1.807, 2.05) is 38.1 Å². The second-order valence-corrected chi connectivity index (χ2v) is 5.19.